The third kappa shape index (κ3) is 3.43. The van der Waals surface area contributed by atoms with Crippen LogP contribution in [0.1, 0.15) is 30.2 Å². The summed E-state index contributed by atoms with van der Waals surface area (Å²) in [5.41, 5.74) is 1.00. The fourth-order valence-electron chi connectivity index (χ4n) is 1.69. The lowest BCUT2D eigenvalue weighted by atomic mass is 10.2. The van der Waals surface area contributed by atoms with Gasteiger partial charge in [0.2, 0.25) is 0 Å². The van der Waals surface area contributed by atoms with Gasteiger partial charge in [0, 0.05) is 22.1 Å². The predicted octanol–water partition coefficient (Wildman–Crippen LogP) is 4.36. The van der Waals surface area contributed by atoms with Crippen LogP contribution in [0, 0.1) is 0 Å². The smallest absolute Gasteiger partial charge is 0.183 e. The Morgan fingerprint density at radius 1 is 1.45 bits per heavy atom. The largest absolute Gasteiger partial charge is 0.504 e. The van der Waals surface area contributed by atoms with Crippen molar-refractivity contribution in [2.45, 2.75) is 26.3 Å². The molecule has 0 spiro atoms. The van der Waals surface area contributed by atoms with E-state index in [1.54, 1.807) is 17.4 Å². The summed E-state index contributed by atoms with van der Waals surface area (Å²) in [6, 6.07) is 3.45. The number of nitrogens with zero attached hydrogens (tertiary/aromatic N) is 1. The molecule has 0 aliphatic heterocycles. The zero-order chi connectivity index (χ0) is 14.7. The van der Waals surface area contributed by atoms with E-state index in [-0.39, 0.29) is 5.75 Å². The van der Waals surface area contributed by atoms with Gasteiger partial charge in [0.05, 0.1) is 7.11 Å². The van der Waals surface area contributed by atoms with Crippen LogP contribution in [0.25, 0.3) is 0 Å². The molecule has 0 atom stereocenters. The Morgan fingerprint density at radius 3 is 2.80 bits per heavy atom. The number of hydrogen-bond acceptors (Lipinski definition) is 5. The van der Waals surface area contributed by atoms with Crippen molar-refractivity contribution < 1.29 is 9.84 Å². The number of phenols is 1. The van der Waals surface area contributed by atoms with Crippen LogP contribution in [0.4, 0.5) is 5.13 Å². The van der Waals surface area contributed by atoms with E-state index in [1.807, 2.05) is 12.3 Å². The normalized spacial score (nSPS) is 10.8. The number of nitrogens with one attached hydrogen (secondary N) is 1. The minimum absolute atomic E-state index is 0.125. The molecule has 0 amide bonds. The summed E-state index contributed by atoms with van der Waals surface area (Å²) in [4.78, 5) is 5.61. The summed E-state index contributed by atoms with van der Waals surface area (Å²) >= 11 is 5.10. The third-order valence-electron chi connectivity index (χ3n) is 2.87. The maximum absolute atomic E-state index is 9.68. The van der Waals surface area contributed by atoms with E-state index in [0.717, 1.165) is 15.2 Å². The van der Waals surface area contributed by atoms with Crippen molar-refractivity contribution in [1.29, 1.82) is 0 Å². The lowest BCUT2D eigenvalue weighted by Crippen LogP contribution is -2.00. The van der Waals surface area contributed by atoms with Gasteiger partial charge in [0.15, 0.2) is 16.6 Å². The van der Waals surface area contributed by atoms with Gasteiger partial charge < -0.3 is 15.2 Å². The van der Waals surface area contributed by atoms with E-state index >= 15 is 0 Å². The van der Waals surface area contributed by atoms with Gasteiger partial charge in [0.1, 0.15) is 0 Å². The first-order valence-corrected chi connectivity index (χ1v) is 7.87. The fraction of sp³-hybridized carbons (Fsp3) is 0.357. The quantitative estimate of drug-likeness (QED) is 0.835. The molecule has 2 N–H and O–H groups in total. The van der Waals surface area contributed by atoms with E-state index in [9.17, 15) is 5.11 Å². The Hall–Kier alpha value is -1.27. The Balaban J connectivity index is 2.10. The number of hydrogen-bond donors (Lipinski definition) is 2. The van der Waals surface area contributed by atoms with E-state index in [2.05, 4.69) is 40.1 Å². The van der Waals surface area contributed by atoms with Gasteiger partial charge in [-0.2, -0.15) is 0 Å². The molecular weight excluding hydrogens is 340 g/mol. The zero-order valence-corrected chi connectivity index (χ0v) is 14.0. The molecule has 4 nitrogen and oxygen atoms in total. The number of methoxy groups -OCH3 is 1. The SMILES string of the molecule is COc1cc(CNc2ncc(C(C)C)s2)c(Br)cc1O. The third-order valence-corrected chi connectivity index (χ3v) is 4.86. The molecule has 2 aromatic rings. The number of phenolic OH excluding ortho intramolecular Hbond substituents is 1. The number of thiazole rings is 1. The molecule has 2 rings (SSSR count). The lowest BCUT2D eigenvalue weighted by Gasteiger charge is -2.10. The highest BCUT2D eigenvalue weighted by molar-refractivity contribution is 9.10. The summed E-state index contributed by atoms with van der Waals surface area (Å²) in [6.07, 6.45) is 1.91. The summed E-state index contributed by atoms with van der Waals surface area (Å²) < 4.78 is 5.95. The van der Waals surface area contributed by atoms with Crippen molar-refractivity contribution in [1.82, 2.24) is 4.98 Å². The molecule has 1 aromatic carbocycles. The molecule has 20 heavy (non-hydrogen) atoms. The second-order valence-corrected chi connectivity index (χ2v) is 6.61. The topological polar surface area (TPSA) is 54.4 Å². The second-order valence-electron chi connectivity index (χ2n) is 4.69. The highest BCUT2D eigenvalue weighted by Gasteiger charge is 2.09. The van der Waals surface area contributed by atoms with Crippen molar-refractivity contribution in [2.24, 2.45) is 0 Å². The molecule has 0 aliphatic carbocycles. The van der Waals surface area contributed by atoms with Gasteiger partial charge in [0.25, 0.3) is 0 Å². The highest BCUT2D eigenvalue weighted by Crippen LogP contribution is 2.33. The molecule has 0 saturated carbocycles. The first-order chi connectivity index (χ1) is 9.51. The Labute approximate surface area is 130 Å². The van der Waals surface area contributed by atoms with Gasteiger partial charge in [-0.05, 0) is 23.6 Å². The first kappa shape index (κ1) is 15.1. The van der Waals surface area contributed by atoms with Crippen LogP contribution in [0.5, 0.6) is 11.5 Å². The Kier molecular flexibility index (Phi) is 4.88. The van der Waals surface area contributed by atoms with E-state index < -0.39 is 0 Å². The monoisotopic (exact) mass is 356 g/mol. The molecule has 1 heterocycles. The maximum atomic E-state index is 9.68. The Bertz CT molecular complexity index is 599. The lowest BCUT2D eigenvalue weighted by molar-refractivity contribution is 0.372. The van der Waals surface area contributed by atoms with Crippen molar-refractivity contribution >= 4 is 32.4 Å². The first-order valence-electron chi connectivity index (χ1n) is 6.26. The minimum Gasteiger partial charge on any atom is -0.504 e. The van der Waals surface area contributed by atoms with Crippen LogP contribution in [0.2, 0.25) is 0 Å². The standard InChI is InChI=1S/C14H17BrN2O2S/c1-8(2)13-7-17-14(20-13)16-6-9-4-12(19-3)11(18)5-10(9)15/h4-5,7-8,18H,6H2,1-3H3,(H,16,17). The van der Waals surface area contributed by atoms with Gasteiger partial charge in [-0.3, -0.25) is 0 Å². The molecule has 0 bridgehead atoms. The summed E-state index contributed by atoms with van der Waals surface area (Å²) in [7, 11) is 1.54. The molecule has 0 aliphatic rings. The van der Waals surface area contributed by atoms with Crippen LogP contribution in [-0.4, -0.2) is 17.2 Å². The second kappa shape index (κ2) is 6.45. The molecule has 0 saturated heterocycles. The van der Waals surface area contributed by atoms with Crippen LogP contribution < -0.4 is 10.1 Å². The van der Waals surface area contributed by atoms with Gasteiger partial charge >= 0.3 is 0 Å². The molecule has 0 radical (unpaired) electrons. The van der Waals surface area contributed by atoms with Crippen molar-refractivity contribution in [3.05, 3.63) is 33.2 Å². The van der Waals surface area contributed by atoms with Crippen LogP contribution >= 0.6 is 27.3 Å². The molecule has 0 unspecified atom stereocenters. The van der Waals surface area contributed by atoms with Crippen LogP contribution in [0.15, 0.2) is 22.8 Å². The number of aromatic nitrogens is 1. The van der Waals surface area contributed by atoms with Crippen molar-refractivity contribution in [3.8, 4) is 11.5 Å². The van der Waals surface area contributed by atoms with Crippen molar-refractivity contribution in [3.63, 3.8) is 0 Å². The summed E-state index contributed by atoms with van der Waals surface area (Å²) in [5, 5.41) is 13.9. The van der Waals surface area contributed by atoms with Gasteiger partial charge in [-0.15, -0.1) is 11.3 Å². The molecule has 108 valence electrons. The van der Waals surface area contributed by atoms with Crippen molar-refractivity contribution in [2.75, 3.05) is 12.4 Å². The number of halogens is 1. The van der Waals surface area contributed by atoms with Gasteiger partial charge in [-0.25, -0.2) is 4.98 Å². The molecule has 0 fully saturated rings. The van der Waals surface area contributed by atoms with E-state index in [4.69, 9.17) is 4.74 Å². The molecule has 6 heteroatoms. The maximum Gasteiger partial charge on any atom is 0.183 e. The van der Waals surface area contributed by atoms with Gasteiger partial charge in [-0.1, -0.05) is 29.8 Å². The predicted molar refractivity (Wildman–Crippen MR) is 85.9 cm³/mol. The number of benzene rings is 1. The molecular formula is C14H17BrN2O2S. The fourth-order valence-corrected chi connectivity index (χ4v) is 2.98. The average molecular weight is 357 g/mol. The molecule has 1 aromatic heterocycles. The minimum atomic E-state index is 0.125. The highest BCUT2D eigenvalue weighted by atomic mass is 79.9. The summed E-state index contributed by atoms with van der Waals surface area (Å²) in [6.45, 7) is 4.92. The number of ether oxygens (including phenoxy) is 1. The van der Waals surface area contributed by atoms with Crippen LogP contribution in [-0.2, 0) is 6.54 Å². The van der Waals surface area contributed by atoms with E-state index in [1.165, 1.54) is 12.0 Å². The summed E-state index contributed by atoms with van der Waals surface area (Å²) in [5.74, 6) is 1.08. The van der Waals surface area contributed by atoms with Crippen LogP contribution in [0.3, 0.4) is 0 Å². The number of anilines is 1. The zero-order valence-electron chi connectivity index (χ0n) is 11.6. The Morgan fingerprint density at radius 2 is 2.20 bits per heavy atom. The number of aromatic hydroxyl groups is 1. The van der Waals surface area contributed by atoms with E-state index in [0.29, 0.717) is 18.2 Å². The number of rotatable bonds is 5. The average Bonchev–Trinajstić information content (AvgIpc) is 2.87.